The van der Waals surface area contributed by atoms with E-state index in [4.69, 9.17) is 5.73 Å². The van der Waals surface area contributed by atoms with E-state index in [1.807, 2.05) is 21.1 Å². The summed E-state index contributed by atoms with van der Waals surface area (Å²) in [5.74, 6) is -0.775. The van der Waals surface area contributed by atoms with Gasteiger partial charge in [-0.1, -0.05) is 6.08 Å². The molecule has 0 aromatic heterocycles. The summed E-state index contributed by atoms with van der Waals surface area (Å²) in [5, 5.41) is 9.41. The highest BCUT2D eigenvalue weighted by Crippen LogP contribution is 2.29. The van der Waals surface area contributed by atoms with E-state index in [1.54, 1.807) is 6.08 Å². The highest BCUT2D eigenvalue weighted by molar-refractivity contribution is 5.77. The van der Waals surface area contributed by atoms with Gasteiger partial charge in [-0.25, -0.2) is 4.79 Å². The Morgan fingerprint density at radius 3 is 2.33 bits per heavy atom. The summed E-state index contributed by atoms with van der Waals surface area (Å²) in [5.41, 5.74) is 4.65. The Morgan fingerprint density at radius 2 is 2.07 bits per heavy atom. The minimum absolute atomic E-state index is 0.383. The smallest absolute Gasteiger partial charge is 0.366 e. The van der Waals surface area contributed by atoms with Crippen molar-refractivity contribution in [2.45, 2.75) is 24.8 Å². The van der Waals surface area contributed by atoms with Gasteiger partial charge >= 0.3 is 5.97 Å². The zero-order chi connectivity index (χ0) is 12.1. The number of aliphatic carboxylic acids is 1. The molecule has 0 radical (unpaired) electrons. The zero-order valence-electron chi connectivity index (χ0n) is 9.99. The average molecular weight is 215 g/mol. The van der Waals surface area contributed by atoms with Crippen LogP contribution in [-0.2, 0) is 4.79 Å². The fourth-order valence-corrected chi connectivity index (χ4v) is 1.83. The highest BCUT2D eigenvalue weighted by atomic mass is 16.4. The SMILES string of the molecule is C=CCC(CCCN)(C(=O)O)[N+](C)(C)C. The molecular formula is C11H23N2O2+. The third kappa shape index (κ3) is 3.04. The molecule has 1 atom stereocenters. The van der Waals surface area contributed by atoms with Crippen LogP contribution in [0.2, 0.25) is 0 Å². The predicted molar refractivity (Wildman–Crippen MR) is 61.5 cm³/mol. The van der Waals surface area contributed by atoms with Crippen LogP contribution in [0.1, 0.15) is 19.3 Å². The molecule has 4 nitrogen and oxygen atoms in total. The van der Waals surface area contributed by atoms with Crippen molar-refractivity contribution in [1.82, 2.24) is 0 Å². The molecule has 0 saturated carbocycles. The van der Waals surface area contributed by atoms with Crippen molar-refractivity contribution in [2.24, 2.45) is 5.73 Å². The molecule has 88 valence electrons. The zero-order valence-corrected chi connectivity index (χ0v) is 9.99. The van der Waals surface area contributed by atoms with E-state index in [9.17, 15) is 9.90 Å². The fraction of sp³-hybridized carbons (Fsp3) is 0.727. The minimum Gasteiger partial charge on any atom is -0.477 e. The van der Waals surface area contributed by atoms with Crippen molar-refractivity contribution in [1.29, 1.82) is 0 Å². The lowest BCUT2D eigenvalue weighted by Gasteiger charge is -2.42. The number of quaternary nitrogens is 1. The molecule has 0 aliphatic heterocycles. The molecule has 0 bridgehead atoms. The van der Waals surface area contributed by atoms with Crippen molar-refractivity contribution in [3.8, 4) is 0 Å². The van der Waals surface area contributed by atoms with Gasteiger partial charge in [0.25, 0.3) is 0 Å². The topological polar surface area (TPSA) is 63.3 Å². The van der Waals surface area contributed by atoms with Crippen molar-refractivity contribution in [3.63, 3.8) is 0 Å². The molecule has 0 fully saturated rings. The first kappa shape index (κ1) is 14.1. The van der Waals surface area contributed by atoms with Crippen LogP contribution in [0.4, 0.5) is 0 Å². The van der Waals surface area contributed by atoms with Gasteiger partial charge in [0.05, 0.1) is 21.1 Å². The fourth-order valence-electron chi connectivity index (χ4n) is 1.83. The first-order valence-electron chi connectivity index (χ1n) is 5.17. The Morgan fingerprint density at radius 1 is 1.53 bits per heavy atom. The van der Waals surface area contributed by atoms with Gasteiger partial charge < -0.3 is 15.3 Å². The number of carboxylic acids is 1. The number of carbonyl (C=O) groups is 1. The predicted octanol–water partition coefficient (Wildman–Crippen LogP) is 0.831. The highest BCUT2D eigenvalue weighted by Gasteiger charge is 2.48. The van der Waals surface area contributed by atoms with Gasteiger partial charge in [0.15, 0.2) is 5.54 Å². The van der Waals surface area contributed by atoms with E-state index < -0.39 is 11.5 Å². The maximum Gasteiger partial charge on any atom is 0.366 e. The number of rotatable bonds is 7. The van der Waals surface area contributed by atoms with Crippen molar-refractivity contribution in [2.75, 3.05) is 27.7 Å². The number of hydrogen-bond donors (Lipinski definition) is 2. The monoisotopic (exact) mass is 215 g/mol. The van der Waals surface area contributed by atoms with E-state index in [0.717, 1.165) is 6.42 Å². The molecular weight excluding hydrogens is 192 g/mol. The molecule has 0 rings (SSSR count). The summed E-state index contributed by atoms with van der Waals surface area (Å²) in [7, 11) is 5.69. The molecule has 0 saturated heterocycles. The molecule has 0 aliphatic rings. The van der Waals surface area contributed by atoms with Crippen molar-refractivity contribution < 1.29 is 14.4 Å². The van der Waals surface area contributed by atoms with Crippen LogP contribution in [-0.4, -0.2) is 48.8 Å². The maximum atomic E-state index is 11.5. The second-order valence-corrected chi connectivity index (χ2v) is 4.73. The molecule has 0 spiro atoms. The summed E-state index contributed by atoms with van der Waals surface area (Å²) in [6.45, 7) is 4.16. The van der Waals surface area contributed by atoms with E-state index in [-0.39, 0.29) is 0 Å². The lowest BCUT2D eigenvalue weighted by molar-refractivity contribution is -0.914. The van der Waals surface area contributed by atoms with Gasteiger partial charge in [-0.15, -0.1) is 6.58 Å². The number of nitrogens with zero attached hydrogens (tertiary/aromatic N) is 1. The van der Waals surface area contributed by atoms with E-state index >= 15 is 0 Å². The van der Waals surface area contributed by atoms with Gasteiger partial charge in [-0.3, -0.25) is 0 Å². The van der Waals surface area contributed by atoms with Crippen LogP contribution in [0.3, 0.4) is 0 Å². The maximum absolute atomic E-state index is 11.5. The van der Waals surface area contributed by atoms with Gasteiger partial charge in [0.2, 0.25) is 0 Å². The number of hydrogen-bond acceptors (Lipinski definition) is 2. The normalized spacial score (nSPS) is 15.7. The molecule has 3 N–H and O–H groups in total. The molecule has 4 heteroatoms. The second kappa shape index (κ2) is 5.28. The molecule has 0 aromatic rings. The van der Waals surface area contributed by atoms with Crippen LogP contribution >= 0.6 is 0 Å². The molecule has 0 aromatic carbocycles. The average Bonchev–Trinajstić information content (AvgIpc) is 2.09. The molecule has 0 amide bonds. The van der Waals surface area contributed by atoms with Crippen molar-refractivity contribution in [3.05, 3.63) is 12.7 Å². The number of carboxylic acid groups (broad SMARTS) is 1. The van der Waals surface area contributed by atoms with Gasteiger partial charge in [0, 0.05) is 12.8 Å². The Balaban J connectivity index is 5.07. The van der Waals surface area contributed by atoms with Gasteiger partial charge in [-0.2, -0.15) is 0 Å². The quantitative estimate of drug-likeness (QED) is 0.488. The molecule has 0 aliphatic carbocycles. The first-order chi connectivity index (χ1) is 6.81. The first-order valence-corrected chi connectivity index (χ1v) is 5.17. The van der Waals surface area contributed by atoms with Gasteiger partial charge in [0.1, 0.15) is 0 Å². The van der Waals surface area contributed by atoms with Crippen LogP contribution in [0.15, 0.2) is 12.7 Å². The summed E-state index contributed by atoms with van der Waals surface area (Å²) >= 11 is 0. The standard InChI is InChI=1S/C11H22N2O2/c1-5-7-11(10(14)15,8-6-9-12)13(2,3)4/h5H,1,6-9,12H2,2-4H3/p+1. The van der Waals surface area contributed by atoms with Crippen LogP contribution in [0, 0.1) is 0 Å². The number of likely N-dealkylation sites (N-methyl/N-ethyl adjacent to an activating group) is 1. The van der Waals surface area contributed by atoms with Crippen molar-refractivity contribution >= 4 is 5.97 Å². The lowest BCUT2D eigenvalue weighted by Crippen LogP contribution is -2.61. The number of nitrogens with two attached hydrogens (primary N) is 1. The Bertz CT molecular complexity index is 233. The summed E-state index contributed by atoms with van der Waals surface area (Å²) in [4.78, 5) is 11.5. The Hall–Kier alpha value is -0.870. The Labute approximate surface area is 92.0 Å². The lowest BCUT2D eigenvalue weighted by atomic mass is 9.86. The van der Waals surface area contributed by atoms with Crippen LogP contribution in [0.5, 0.6) is 0 Å². The molecule has 0 heterocycles. The van der Waals surface area contributed by atoms with Crippen LogP contribution in [0.25, 0.3) is 0 Å². The van der Waals surface area contributed by atoms with E-state index in [1.165, 1.54) is 0 Å². The van der Waals surface area contributed by atoms with E-state index in [0.29, 0.717) is 23.9 Å². The Kier molecular flexibility index (Phi) is 4.97. The molecule has 1 unspecified atom stereocenters. The van der Waals surface area contributed by atoms with Crippen LogP contribution < -0.4 is 5.73 Å². The summed E-state index contributed by atoms with van der Waals surface area (Å²) in [6.07, 6.45) is 3.43. The summed E-state index contributed by atoms with van der Waals surface area (Å²) < 4.78 is 0.383. The largest absolute Gasteiger partial charge is 0.477 e. The van der Waals surface area contributed by atoms with E-state index in [2.05, 4.69) is 6.58 Å². The third-order valence-corrected chi connectivity index (χ3v) is 2.96. The second-order valence-electron chi connectivity index (χ2n) is 4.73. The summed E-state index contributed by atoms with van der Waals surface area (Å²) in [6, 6.07) is 0. The third-order valence-electron chi connectivity index (χ3n) is 2.96. The minimum atomic E-state index is -0.804. The molecule has 15 heavy (non-hydrogen) atoms. The van der Waals surface area contributed by atoms with Gasteiger partial charge in [-0.05, 0) is 13.0 Å².